The van der Waals surface area contributed by atoms with Gasteiger partial charge in [-0.3, -0.25) is 24.0 Å². The van der Waals surface area contributed by atoms with Crippen molar-refractivity contribution in [1.29, 1.82) is 0 Å². The number of fused-ring (bicyclic) bond motifs is 3. The SMILES string of the molecule is COC(=O)CC1C2(C)CC34OC5(C)OC6(C7/C(=C(\O)C(C)C)C(=O)OC(c8ccoc8)C7(C)C(OC(C)=O)C(OC(C)=O)C6(O5)C13C)C(OC(C)=O)C4(O)C2OC(=O)C(C)C. The van der Waals surface area contributed by atoms with Gasteiger partial charge >= 0.3 is 35.8 Å². The molecule has 4 heterocycles. The molecule has 3 saturated heterocycles. The Kier molecular flexibility index (Phi) is 9.21. The van der Waals surface area contributed by atoms with E-state index in [1.165, 1.54) is 32.6 Å². The maximum Gasteiger partial charge on any atom is 0.338 e. The quantitative estimate of drug-likeness (QED) is 0.156. The summed E-state index contributed by atoms with van der Waals surface area (Å²) in [6.07, 6.45) is -6.67. The summed E-state index contributed by atoms with van der Waals surface area (Å²) in [6.45, 7) is 16.1. The fraction of sp³-hybridized carbons (Fsp3) is 0.721. The van der Waals surface area contributed by atoms with Crippen molar-refractivity contribution in [3.05, 3.63) is 35.5 Å². The zero-order chi connectivity index (χ0) is 45.0. The Morgan fingerprint density at radius 2 is 1.48 bits per heavy atom. The van der Waals surface area contributed by atoms with E-state index in [2.05, 4.69) is 0 Å². The van der Waals surface area contributed by atoms with E-state index >= 15 is 0 Å². The Morgan fingerprint density at radius 3 is 2.02 bits per heavy atom. The van der Waals surface area contributed by atoms with Crippen LogP contribution >= 0.6 is 0 Å². The van der Waals surface area contributed by atoms with E-state index in [-0.39, 0.29) is 12.0 Å². The van der Waals surface area contributed by atoms with Gasteiger partial charge in [-0.05, 0) is 18.4 Å². The smallest absolute Gasteiger partial charge is 0.338 e. The third-order valence-corrected chi connectivity index (χ3v) is 15.3. The molecule has 0 radical (unpaired) electrons. The standard InChI is InChI=1S/C43H54O18/c1-18(2)27(48)26-28-37(9,29(57-33(26)50)23-13-14-53-16-23)30(54-20(5)44)31(55-21(6)45)43-38(10)24(15-25(47)52-12)36(8)17-40(38)41(51,34(36)58-32(49)19(3)4)35(56-22(7)46)42(28,43)60-39(11,59-40)61-43/h13-14,16,18-19,24,28-31,34-35,48,51H,15,17H2,1-12H3/b27-26+. The molecule has 2 spiro atoms. The minimum Gasteiger partial charge on any atom is -0.511 e. The summed E-state index contributed by atoms with van der Waals surface area (Å²) in [5.74, 6) is -12.4. The molecule has 4 bridgehead atoms. The first-order chi connectivity index (χ1) is 28.3. The Hall–Kier alpha value is -4.52. The topological polar surface area (TPSA) is 239 Å². The largest absolute Gasteiger partial charge is 0.511 e. The molecule has 4 aliphatic carbocycles. The van der Waals surface area contributed by atoms with Gasteiger partial charge in [-0.15, -0.1) is 0 Å². The Labute approximate surface area is 351 Å². The van der Waals surface area contributed by atoms with Crippen molar-refractivity contribution >= 4 is 35.8 Å². The van der Waals surface area contributed by atoms with E-state index in [9.17, 15) is 39.0 Å². The highest BCUT2D eigenvalue weighted by atomic mass is 16.9. The first-order valence-electron chi connectivity index (χ1n) is 20.5. The maximum atomic E-state index is 15.0. The first kappa shape index (κ1) is 43.1. The molecule has 4 saturated carbocycles. The van der Waals surface area contributed by atoms with Crippen LogP contribution in [0.3, 0.4) is 0 Å². The van der Waals surface area contributed by atoms with E-state index in [1.54, 1.807) is 48.5 Å². The summed E-state index contributed by atoms with van der Waals surface area (Å²) in [5.41, 5.74) is -15.1. The van der Waals surface area contributed by atoms with Crippen LogP contribution in [0.15, 0.2) is 34.3 Å². The number of methoxy groups -OCH3 is 1. The molecule has 15 atom stereocenters. The zero-order valence-electron chi connectivity index (χ0n) is 36.3. The fourth-order valence-corrected chi connectivity index (χ4v) is 13.7. The van der Waals surface area contributed by atoms with E-state index in [0.29, 0.717) is 0 Å². The van der Waals surface area contributed by atoms with Gasteiger partial charge in [0, 0.05) is 62.3 Å². The molecule has 7 fully saturated rings. The number of esters is 6. The van der Waals surface area contributed by atoms with Crippen molar-refractivity contribution in [2.24, 2.45) is 39.9 Å². The molecule has 7 aliphatic rings. The molecule has 1 aromatic rings. The van der Waals surface area contributed by atoms with Gasteiger partial charge in [-0.25, -0.2) is 4.79 Å². The molecule has 1 aromatic heterocycles. The highest BCUT2D eigenvalue weighted by Gasteiger charge is 3.07. The van der Waals surface area contributed by atoms with Crippen LogP contribution in [0.2, 0.25) is 0 Å². The average molecular weight is 859 g/mol. The Morgan fingerprint density at radius 1 is 0.852 bits per heavy atom. The number of carbonyl (C=O) groups is 6. The van der Waals surface area contributed by atoms with E-state index in [0.717, 1.165) is 20.8 Å². The van der Waals surface area contributed by atoms with Gasteiger partial charge in [-0.2, -0.15) is 0 Å². The Bertz CT molecular complexity index is 2150. The summed E-state index contributed by atoms with van der Waals surface area (Å²) in [4.78, 5) is 83.8. The minimum absolute atomic E-state index is 0.185. The lowest BCUT2D eigenvalue weighted by Crippen LogP contribution is -2.97. The molecule has 15 unspecified atom stereocenters. The number of furan rings is 1. The second-order valence-corrected chi connectivity index (χ2v) is 19.2. The van der Waals surface area contributed by atoms with Crippen molar-refractivity contribution in [3.63, 3.8) is 0 Å². The maximum absolute atomic E-state index is 15.0. The molecule has 18 nitrogen and oxygen atoms in total. The molecule has 18 heteroatoms. The molecular weight excluding hydrogens is 804 g/mol. The molecule has 3 aliphatic heterocycles. The normalized spacial score (nSPS) is 46.7. The van der Waals surface area contributed by atoms with Crippen molar-refractivity contribution in [3.8, 4) is 0 Å². The zero-order valence-corrected chi connectivity index (χ0v) is 36.3. The van der Waals surface area contributed by atoms with Gasteiger partial charge < -0.3 is 57.3 Å². The van der Waals surface area contributed by atoms with Crippen LogP contribution in [0, 0.1) is 39.9 Å². The van der Waals surface area contributed by atoms with Gasteiger partial charge in [0.1, 0.15) is 23.6 Å². The lowest BCUT2D eigenvalue weighted by atomic mass is 9.32. The van der Waals surface area contributed by atoms with Crippen LogP contribution in [0.1, 0.15) is 101 Å². The second-order valence-electron chi connectivity index (χ2n) is 19.2. The second kappa shape index (κ2) is 13.0. The number of cyclic esters (lactones) is 1. The summed E-state index contributed by atoms with van der Waals surface area (Å²) in [5, 5.41) is 26.6. The number of aliphatic hydroxyl groups excluding tert-OH is 1. The third kappa shape index (κ3) is 4.77. The number of hydrogen-bond acceptors (Lipinski definition) is 18. The van der Waals surface area contributed by atoms with Gasteiger partial charge in [0.25, 0.3) is 5.97 Å². The number of hydrogen-bond donors (Lipinski definition) is 2. The van der Waals surface area contributed by atoms with Gasteiger partial charge in [0.15, 0.2) is 35.1 Å². The third-order valence-electron chi connectivity index (χ3n) is 15.3. The molecule has 0 aromatic carbocycles. The molecule has 334 valence electrons. The number of rotatable bonds is 9. The molecule has 61 heavy (non-hydrogen) atoms. The minimum atomic E-state index is -2.63. The average Bonchev–Trinajstić information content (AvgIpc) is 3.86. The summed E-state index contributed by atoms with van der Waals surface area (Å²) >= 11 is 0. The predicted molar refractivity (Wildman–Crippen MR) is 201 cm³/mol. The van der Waals surface area contributed by atoms with Gasteiger partial charge in [-0.1, -0.05) is 48.5 Å². The van der Waals surface area contributed by atoms with Crippen LogP contribution < -0.4 is 0 Å². The van der Waals surface area contributed by atoms with Crippen LogP contribution in [-0.2, 0) is 71.4 Å². The number of carbonyl (C=O) groups excluding carboxylic acids is 6. The predicted octanol–water partition coefficient (Wildman–Crippen LogP) is 3.67. The van der Waals surface area contributed by atoms with Crippen LogP contribution in [0.25, 0.3) is 0 Å². The Balaban J connectivity index is 1.62. The van der Waals surface area contributed by atoms with Crippen molar-refractivity contribution in [2.75, 3.05) is 7.11 Å². The summed E-state index contributed by atoms with van der Waals surface area (Å²) in [6, 6.07) is 1.51. The first-order valence-corrected chi connectivity index (χ1v) is 20.5. The van der Waals surface area contributed by atoms with Crippen molar-refractivity contribution < 1.29 is 86.0 Å². The molecular formula is C43H54O18. The van der Waals surface area contributed by atoms with E-state index in [1.807, 2.05) is 0 Å². The molecule has 2 N–H and O–H groups in total. The monoisotopic (exact) mass is 858 g/mol. The highest BCUT2D eigenvalue weighted by Crippen LogP contribution is 2.90. The van der Waals surface area contributed by atoms with Gasteiger partial charge in [0.05, 0.1) is 36.5 Å². The molecule has 8 rings (SSSR count). The number of allylic oxidation sites excluding steroid dienone is 1. The summed E-state index contributed by atoms with van der Waals surface area (Å²) < 4.78 is 64.1. The summed E-state index contributed by atoms with van der Waals surface area (Å²) in [7, 11) is 1.19. The molecule has 0 amide bonds. The van der Waals surface area contributed by atoms with E-state index in [4.69, 9.17) is 47.0 Å². The highest BCUT2D eigenvalue weighted by molar-refractivity contribution is 5.92. The van der Waals surface area contributed by atoms with Crippen molar-refractivity contribution in [2.45, 2.75) is 148 Å². The van der Waals surface area contributed by atoms with Crippen molar-refractivity contribution in [1.82, 2.24) is 0 Å². The van der Waals surface area contributed by atoms with Crippen LogP contribution in [0.5, 0.6) is 0 Å². The fourth-order valence-electron chi connectivity index (χ4n) is 13.7. The van der Waals surface area contributed by atoms with Crippen LogP contribution in [-0.4, -0.2) is 106 Å². The number of aliphatic hydroxyl groups is 2. The lowest BCUT2D eigenvalue weighted by molar-refractivity contribution is -0.490. The van der Waals surface area contributed by atoms with E-state index < -0.39 is 152 Å². The number of ether oxygens (including phenoxy) is 9. The van der Waals surface area contributed by atoms with Gasteiger partial charge in [0.2, 0.25) is 0 Å². The van der Waals surface area contributed by atoms with Crippen LogP contribution in [0.4, 0.5) is 0 Å². The lowest BCUT2D eigenvalue weighted by Gasteiger charge is -2.78.